The van der Waals surface area contributed by atoms with Crippen LogP contribution in [0.1, 0.15) is 21.7 Å². The number of aromatic nitrogens is 2. The Bertz CT molecular complexity index is 974. The molecule has 0 bridgehead atoms. The Morgan fingerprint density at radius 1 is 0.962 bits per heavy atom. The normalized spacial score (nSPS) is 12.4. The number of carbonyl (C=O) groups is 1. The molecule has 0 radical (unpaired) electrons. The van der Waals surface area contributed by atoms with Crippen molar-refractivity contribution in [3.63, 3.8) is 0 Å². The highest BCUT2D eigenvalue weighted by molar-refractivity contribution is 6.08. The highest BCUT2D eigenvalue weighted by Gasteiger charge is 2.35. The molecule has 0 fully saturated rings. The van der Waals surface area contributed by atoms with E-state index in [0.29, 0.717) is 6.07 Å². The second kappa shape index (κ2) is 6.04. The molecule has 1 heterocycles. The van der Waals surface area contributed by atoms with Gasteiger partial charge in [-0.3, -0.25) is 4.79 Å². The number of hydrogen-bond acceptors (Lipinski definition) is 2. The fourth-order valence-electron chi connectivity index (χ4n) is 2.30. The summed E-state index contributed by atoms with van der Waals surface area (Å²) in [7, 11) is 0. The van der Waals surface area contributed by atoms with Gasteiger partial charge in [-0.1, -0.05) is 12.1 Å². The maximum Gasteiger partial charge on any atom is 0.449 e. The zero-order valence-corrected chi connectivity index (χ0v) is 12.7. The quantitative estimate of drug-likeness (QED) is 0.631. The summed E-state index contributed by atoms with van der Waals surface area (Å²) in [4.78, 5) is 17.7. The number of amides is 1. The Hall–Kier alpha value is -3.04. The van der Waals surface area contributed by atoms with Gasteiger partial charge >= 0.3 is 12.4 Å². The van der Waals surface area contributed by atoms with Gasteiger partial charge in [-0.15, -0.1) is 0 Å². The van der Waals surface area contributed by atoms with Gasteiger partial charge in [-0.05, 0) is 30.3 Å². The Balaban J connectivity index is 1.94. The summed E-state index contributed by atoms with van der Waals surface area (Å²) in [6.45, 7) is 0. The standard InChI is InChI=1S/C16H9F6N3O/c17-15(18,19)9-4-1-3-8(7-9)13(26)23-10-5-2-6-11-12(10)25-14(24-11)16(20,21)22/h1-7H,(H,23,26)(H,24,25). The Labute approximate surface area is 141 Å². The Kier molecular flexibility index (Phi) is 4.13. The van der Waals surface area contributed by atoms with Crippen molar-refractivity contribution in [3.8, 4) is 0 Å². The number of fused-ring (bicyclic) bond motifs is 1. The first-order chi connectivity index (χ1) is 12.1. The highest BCUT2D eigenvalue weighted by atomic mass is 19.4. The van der Waals surface area contributed by atoms with Gasteiger partial charge in [-0.2, -0.15) is 26.3 Å². The van der Waals surface area contributed by atoms with Crippen molar-refractivity contribution < 1.29 is 31.1 Å². The van der Waals surface area contributed by atoms with Crippen LogP contribution in [-0.2, 0) is 12.4 Å². The number of benzene rings is 2. The van der Waals surface area contributed by atoms with E-state index >= 15 is 0 Å². The zero-order valence-electron chi connectivity index (χ0n) is 12.7. The smallest absolute Gasteiger partial charge is 0.334 e. The maximum atomic E-state index is 12.8. The SMILES string of the molecule is O=C(Nc1cccc2[nH]c(C(F)(F)F)nc12)c1cccc(C(F)(F)F)c1. The molecule has 26 heavy (non-hydrogen) atoms. The fraction of sp³-hybridized carbons (Fsp3) is 0.125. The molecule has 2 N–H and O–H groups in total. The maximum absolute atomic E-state index is 12.8. The van der Waals surface area contributed by atoms with Gasteiger partial charge in [0.15, 0.2) is 0 Å². The second-order valence-electron chi connectivity index (χ2n) is 5.32. The van der Waals surface area contributed by atoms with E-state index in [1.54, 1.807) is 0 Å². The molecular formula is C16H9F6N3O. The molecule has 4 nitrogen and oxygen atoms in total. The molecule has 0 saturated heterocycles. The lowest BCUT2D eigenvalue weighted by molar-refractivity contribution is -0.144. The number of anilines is 1. The Morgan fingerprint density at radius 3 is 2.31 bits per heavy atom. The number of aromatic amines is 1. The lowest BCUT2D eigenvalue weighted by Gasteiger charge is -2.09. The van der Waals surface area contributed by atoms with Crippen LogP contribution in [0.15, 0.2) is 42.5 Å². The molecule has 10 heteroatoms. The summed E-state index contributed by atoms with van der Waals surface area (Å²) in [5.74, 6) is -2.14. The van der Waals surface area contributed by atoms with Gasteiger partial charge in [0.1, 0.15) is 5.52 Å². The monoisotopic (exact) mass is 373 g/mol. The van der Waals surface area contributed by atoms with E-state index in [1.807, 2.05) is 0 Å². The summed E-state index contributed by atoms with van der Waals surface area (Å²) >= 11 is 0. The summed E-state index contributed by atoms with van der Waals surface area (Å²) in [6, 6.07) is 7.70. The molecule has 0 unspecified atom stereocenters. The third-order valence-corrected chi connectivity index (χ3v) is 3.48. The van der Waals surface area contributed by atoms with Crippen molar-refractivity contribution in [3.05, 3.63) is 59.4 Å². The first kappa shape index (κ1) is 17.8. The van der Waals surface area contributed by atoms with Crippen molar-refractivity contribution in [2.75, 3.05) is 5.32 Å². The number of carbonyl (C=O) groups excluding carboxylic acids is 1. The van der Waals surface area contributed by atoms with Gasteiger partial charge < -0.3 is 10.3 Å². The summed E-state index contributed by atoms with van der Waals surface area (Å²) in [6.07, 6.45) is -9.33. The summed E-state index contributed by atoms with van der Waals surface area (Å²) in [5.41, 5.74) is -1.48. The average Bonchev–Trinajstić information content (AvgIpc) is 3.00. The van der Waals surface area contributed by atoms with E-state index in [9.17, 15) is 31.1 Å². The van der Waals surface area contributed by atoms with Crippen LogP contribution in [0.3, 0.4) is 0 Å². The number of nitrogens with one attached hydrogen (secondary N) is 2. The third kappa shape index (κ3) is 3.48. The minimum atomic E-state index is -4.71. The molecule has 1 aromatic heterocycles. The van der Waals surface area contributed by atoms with Crippen molar-refractivity contribution >= 4 is 22.6 Å². The predicted molar refractivity (Wildman–Crippen MR) is 80.5 cm³/mol. The van der Waals surface area contributed by atoms with E-state index < -0.39 is 29.6 Å². The summed E-state index contributed by atoms with van der Waals surface area (Å²) in [5, 5.41) is 2.29. The van der Waals surface area contributed by atoms with Crippen LogP contribution in [0.25, 0.3) is 11.0 Å². The van der Waals surface area contributed by atoms with Crippen LogP contribution >= 0.6 is 0 Å². The van der Waals surface area contributed by atoms with Crippen molar-refractivity contribution in [1.29, 1.82) is 0 Å². The molecule has 3 aromatic rings. The largest absolute Gasteiger partial charge is 0.449 e. The molecule has 0 atom stereocenters. The van der Waals surface area contributed by atoms with E-state index in [-0.39, 0.29) is 22.3 Å². The number of alkyl halides is 6. The minimum Gasteiger partial charge on any atom is -0.334 e. The van der Waals surface area contributed by atoms with E-state index in [4.69, 9.17) is 0 Å². The number of hydrogen-bond donors (Lipinski definition) is 2. The molecule has 2 aromatic carbocycles. The lowest BCUT2D eigenvalue weighted by atomic mass is 10.1. The van der Waals surface area contributed by atoms with Crippen LogP contribution in [0.4, 0.5) is 32.0 Å². The van der Waals surface area contributed by atoms with Crippen LogP contribution < -0.4 is 5.32 Å². The number of rotatable bonds is 2. The van der Waals surface area contributed by atoms with Gasteiger partial charge in [0.25, 0.3) is 5.91 Å². The number of halogens is 6. The molecule has 0 saturated carbocycles. The number of imidazole rings is 1. The van der Waals surface area contributed by atoms with E-state index in [0.717, 1.165) is 18.2 Å². The van der Waals surface area contributed by atoms with Crippen molar-refractivity contribution in [2.45, 2.75) is 12.4 Å². The van der Waals surface area contributed by atoms with Crippen LogP contribution in [0, 0.1) is 0 Å². The third-order valence-electron chi connectivity index (χ3n) is 3.48. The lowest BCUT2D eigenvalue weighted by Crippen LogP contribution is -2.14. The first-order valence-corrected chi connectivity index (χ1v) is 7.10. The van der Waals surface area contributed by atoms with Crippen LogP contribution in [0.5, 0.6) is 0 Å². The molecule has 0 aliphatic heterocycles. The van der Waals surface area contributed by atoms with Crippen LogP contribution in [0.2, 0.25) is 0 Å². The minimum absolute atomic E-state index is 0.0270. The van der Waals surface area contributed by atoms with Gasteiger partial charge in [0.2, 0.25) is 5.82 Å². The van der Waals surface area contributed by atoms with Crippen molar-refractivity contribution in [1.82, 2.24) is 9.97 Å². The Morgan fingerprint density at radius 2 is 1.65 bits per heavy atom. The molecule has 0 aliphatic carbocycles. The number of nitrogens with zero attached hydrogens (tertiary/aromatic N) is 1. The molecular weight excluding hydrogens is 364 g/mol. The molecule has 0 aliphatic rings. The average molecular weight is 373 g/mol. The number of para-hydroxylation sites is 1. The summed E-state index contributed by atoms with van der Waals surface area (Å²) < 4.78 is 76.4. The molecule has 0 spiro atoms. The predicted octanol–water partition coefficient (Wildman–Crippen LogP) is 4.85. The zero-order chi connectivity index (χ0) is 19.1. The van der Waals surface area contributed by atoms with E-state index in [2.05, 4.69) is 15.3 Å². The molecule has 3 rings (SSSR count). The van der Waals surface area contributed by atoms with Gasteiger partial charge in [0, 0.05) is 5.56 Å². The molecule has 1 amide bonds. The highest BCUT2D eigenvalue weighted by Crippen LogP contribution is 2.32. The van der Waals surface area contributed by atoms with Gasteiger partial charge in [-0.25, -0.2) is 4.98 Å². The topological polar surface area (TPSA) is 57.8 Å². The van der Waals surface area contributed by atoms with E-state index in [1.165, 1.54) is 18.2 Å². The first-order valence-electron chi connectivity index (χ1n) is 7.10. The molecule has 136 valence electrons. The second-order valence-corrected chi connectivity index (χ2v) is 5.32. The number of H-pyrrole nitrogens is 1. The van der Waals surface area contributed by atoms with Crippen LogP contribution in [-0.4, -0.2) is 15.9 Å². The van der Waals surface area contributed by atoms with Gasteiger partial charge in [0.05, 0.1) is 16.8 Å². The fourth-order valence-corrected chi connectivity index (χ4v) is 2.30. The van der Waals surface area contributed by atoms with Crippen molar-refractivity contribution in [2.24, 2.45) is 0 Å².